The molecule has 3 saturated heterocycles. The number of carbonyl (C=O) groups is 3. The molecule has 5 rings (SSSR count). The number of carbonyl (C=O) groups excluding carboxylic acids is 3. The summed E-state index contributed by atoms with van der Waals surface area (Å²) in [5.41, 5.74) is -1.27. The maximum Gasteiger partial charge on any atom is 0.250 e. The minimum Gasteiger partial charge on any atom is -0.394 e. The van der Waals surface area contributed by atoms with Gasteiger partial charge in [0.15, 0.2) is 0 Å². The first kappa shape index (κ1) is 24.7. The van der Waals surface area contributed by atoms with Crippen LogP contribution in [0.15, 0.2) is 42.5 Å². The van der Waals surface area contributed by atoms with Crippen molar-refractivity contribution < 1.29 is 24.2 Å². The second-order valence-electron chi connectivity index (χ2n) is 10.7. The Balaban J connectivity index is 1.58. The number of aliphatic hydroxyl groups is 1. The highest BCUT2D eigenvalue weighted by Gasteiger charge is 2.79. The minimum absolute atomic E-state index is 0.0964. The molecule has 36 heavy (non-hydrogen) atoms. The van der Waals surface area contributed by atoms with Crippen LogP contribution in [0, 0.1) is 17.8 Å². The van der Waals surface area contributed by atoms with Crippen LogP contribution in [0.5, 0.6) is 0 Å². The van der Waals surface area contributed by atoms with E-state index in [2.05, 4.69) is 10.6 Å². The van der Waals surface area contributed by atoms with Crippen molar-refractivity contribution in [1.82, 2.24) is 10.2 Å². The van der Waals surface area contributed by atoms with Crippen LogP contribution in [0.3, 0.4) is 0 Å². The van der Waals surface area contributed by atoms with Gasteiger partial charge in [0.1, 0.15) is 11.6 Å². The number of ether oxygens (including phenoxy) is 1. The molecule has 2 unspecified atom stereocenters. The third-order valence-electron chi connectivity index (χ3n) is 8.73. The van der Waals surface area contributed by atoms with Crippen LogP contribution in [-0.4, -0.2) is 64.7 Å². The second kappa shape index (κ2) is 8.85. The van der Waals surface area contributed by atoms with Crippen molar-refractivity contribution in [1.29, 1.82) is 0 Å². The smallest absolute Gasteiger partial charge is 0.250 e. The van der Waals surface area contributed by atoms with Gasteiger partial charge in [-0.1, -0.05) is 51.1 Å². The fourth-order valence-corrected chi connectivity index (χ4v) is 6.96. The Labute approximate surface area is 211 Å². The molecule has 2 aromatic rings. The lowest BCUT2D eigenvalue weighted by molar-refractivity contribution is -0.150. The number of amides is 3. The summed E-state index contributed by atoms with van der Waals surface area (Å²) in [6, 6.07) is 12.1. The van der Waals surface area contributed by atoms with Crippen LogP contribution in [-0.2, 0) is 19.1 Å². The zero-order valence-electron chi connectivity index (χ0n) is 21.3. The van der Waals surface area contributed by atoms with Crippen LogP contribution in [0.25, 0.3) is 10.8 Å². The highest BCUT2D eigenvalue weighted by molar-refractivity contribution is 6.04. The number of fused-ring (bicyclic) bond motifs is 2. The molecule has 1 spiro atoms. The van der Waals surface area contributed by atoms with Gasteiger partial charge in [-0.15, -0.1) is 0 Å². The Hall–Kier alpha value is -2.97. The lowest BCUT2D eigenvalue weighted by Gasteiger charge is -2.38. The minimum atomic E-state index is -1.12. The molecule has 8 heteroatoms. The van der Waals surface area contributed by atoms with E-state index in [1.54, 1.807) is 7.05 Å². The fourth-order valence-electron chi connectivity index (χ4n) is 6.96. The first-order valence-corrected chi connectivity index (χ1v) is 12.9. The number of anilines is 1. The number of rotatable bonds is 7. The summed E-state index contributed by atoms with van der Waals surface area (Å²) < 4.78 is 6.71. The van der Waals surface area contributed by atoms with Gasteiger partial charge in [0.05, 0.1) is 30.1 Å². The molecule has 8 nitrogen and oxygen atoms in total. The fraction of sp³-hybridized carbons (Fsp3) is 0.536. The van der Waals surface area contributed by atoms with E-state index in [4.69, 9.17) is 4.74 Å². The molecule has 2 bridgehead atoms. The molecule has 0 saturated carbocycles. The van der Waals surface area contributed by atoms with Gasteiger partial charge in [0.2, 0.25) is 17.7 Å². The standard InChI is InChI=1S/C28H35N3O5/c1-5-27-12-13-28(36-27)22(21(27)24(33)29-4)26(35)31(20(15-32)16(2)3)23(28)25(34)30-19-11-10-17-8-6-7-9-18(17)14-19/h6-11,14,16,20-23,32H,5,12-13,15H2,1-4H3,(H,29,33)(H,30,34)/t20-,21+,22-,23?,27-,28?/m0/s1. The van der Waals surface area contributed by atoms with Crippen LogP contribution in [0.4, 0.5) is 5.69 Å². The van der Waals surface area contributed by atoms with Crippen molar-refractivity contribution in [3.63, 3.8) is 0 Å². The van der Waals surface area contributed by atoms with Crippen molar-refractivity contribution >= 4 is 34.2 Å². The van der Waals surface area contributed by atoms with Gasteiger partial charge in [0, 0.05) is 12.7 Å². The number of nitrogens with zero attached hydrogens (tertiary/aromatic N) is 1. The third-order valence-corrected chi connectivity index (χ3v) is 8.73. The zero-order chi connectivity index (χ0) is 25.8. The molecular formula is C28H35N3O5. The molecule has 3 aliphatic rings. The summed E-state index contributed by atoms with van der Waals surface area (Å²) in [6.45, 7) is 5.52. The van der Waals surface area contributed by atoms with Crippen LogP contribution in [0.1, 0.15) is 40.0 Å². The van der Waals surface area contributed by atoms with Gasteiger partial charge in [0.25, 0.3) is 0 Å². The maximum atomic E-state index is 14.1. The Morgan fingerprint density at radius 3 is 2.50 bits per heavy atom. The van der Waals surface area contributed by atoms with Crippen molar-refractivity contribution in [3.05, 3.63) is 42.5 Å². The Morgan fingerprint density at radius 1 is 1.14 bits per heavy atom. The lowest BCUT2D eigenvalue weighted by Crippen LogP contribution is -2.57. The molecule has 0 aliphatic carbocycles. The summed E-state index contributed by atoms with van der Waals surface area (Å²) in [6.07, 6.45) is 1.68. The molecule has 3 aliphatic heterocycles. The van der Waals surface area contributed by atoms with Crippen LogP contribution in [0.2, 0.25) is 0 Å². The first-order valence-electron chi connectivity index (χ1n) is 12.9. The summed E-state index contributed by atoms with van der Waals surface area (Å²) in [5.74, 6) is -2.43. The number of hydrogen-bond acceptors (Lipinski definition) is 5. The Morgan fingerprint density at radius 2 is 1.86 bits per heavy atom. The van der Waals surface area contributed by atoms with E-state index >= 15 is 0 Å². The molecule has 192 valence electrons. The van der Waals surface area contributed by atoms with E-state index in [1.807, 2.05) is 63.2 Å². The average molecular weight is 494 g/mol. The molecule has 0 radical (unpaired) electrons. The molecule has 0 aromatic heterocycles. The molecule has 3 amide bonds. The first-order chi connectivity index (χ1) is 17.2. The number of benzene rings is 2. The SMILES string of the molecule is CC[C@@]12CCC3(O1)C(C(=O)Nc1ccc4ccccc4c1)N([C@@H](CO)C(C)C)C(=O)[C@@H]3[C@@H]2C(=O)NC. The highest BCUT2D eigenvalue weighted by atomic mass is 16.5. The summed E-state index contributed by atoms with van der Waals surface area (Å²) >= 11 is 0. The van der Waals surface area contributed by atoms with E-state index < -0.39 is 35.1 Å². The van der Waals surface area contributed by atoms with Crippen molar-refractivity contribution in [2.45, 2.75) is 63.3 Å². The van der Waals surface area contributed by atoms with E-state index in [1.165, 1.54) is 4.90 Å². The summed E-state index contributed by atoms with van der Waals surface area (Å²) in [4.78, 5) is 42.8. The van der Waals surface area contributed by atoms with Crippen LogP contribution < -0.4 is 10.6 Å². The maximum absolute atomic E-state index is 14.1. The van der Waals surface area contributed by atoms with Gasteiger partial charge < -0.3 is 25.4 Å². The monoisotopic (exact) mass is 493 g/mol. The molecule has 3 heterocycles. The van der Waals surface area contributed by atoms with Crippen molar-refractivity contribution in [2.24, 2.45) is 17.8 Å². The quantitative estimate of drug-likeness (QED) is 0.550. The number of likely N-dealkylation sites (tertiary alicyclic amines) is 1. The van der Waals surface area contributed by atoms with Crippen LogP contribution >= 0.6 is 0 Å². The normalized spacial score (nSPS) is 31.7. The van der Waals surface area contributed by atoms with E-state index in [-0.39, 0.29) is 30.2 Å². The zero-order valence-corrected chi connectivity index (χ0v) is 21.3. The summed E-state index contributed by atoms with van der Waals surface area (Å²) in [7, 11) is 1.57. The van der Waals surface area contributed by atoms with Gasteiger partial charge in [-0.05, 0) is 48.1 Å². The summed E-state index contributed by atoms with van der Waals surface area (Å²) in [5, 5.41) is 18.1. The predicted octanol–water partition coefficient (Wildman–Crippen LogP) is 2.70. The Bertz CT molecular complexity index is 1210. The molecule has 6 atom stereocenters. The second-order valence-corrected chi connectivity index (χ2v) is 10.7. The topological polar surface area (TPSA) is 108 Å². The van der Waals surface area contributed by atoms with Crippen molar-refractivity contribution in [2.75, 3.05) is 19.0 Å². The number of aliphatic hydroxyl groups excluding tert-OH is 1. The number of nitrogens with one attached hydrogen (secondary N) is 2. The van der Waals surface area contributed by atoms with Gasteiger partial charge in [-0.25, -0.2) is 0 Å². The lowest BCUT2D eigenvalue weighted by atomic mass is 9.65. The highest BCUT2D eigenvalue weighted by Crippen LogP contribution is 2.64. The molecule has 2 aromatic carbocycles. The van der Waals surface area contributed by atoms with Gasteiger partial charge in [-0.2, -0.15) is 0 Å². The van der Waals surface area contributed by atoms with Gasteiger partial charge in [-0.3, -0.25) is 14.4 Å². The average Bonchev–Trinajstić information content (AvgIpc) is 3.47. The predicted molar refractivity (Wildman–Crippen MR) is 136 cm³/mol. The van der Waals surface area contributed by atoms with E-state index in [9.17, 15) is 19.5 Å². The number of hydrogen-bond donors (Lipinski definition) is 3. The third kappa shape index (κ3) is 3.38. The molecule has 3 fully saturated rings. The van der Waals surface area contributed by atoms with Gasteiger partial charge >= 0.3 is 0 Å². The molecular weight excluding hydrogens is 458 g/mol. The van der Waals surface area contributed by atoms with Crippen molar-refractivity contribution in [3.8, 4) is 0 Å². The molecule has 3 N–H and O–H groups in total. The van der Waals surface area contributed by atoms with E-state index in [0.717, 1.165) is 10.8 Å². The largest absolute Gasteiger partial charge is 0.394 e. The van der Waals surface area contributed by atoms with E-state index in [0.29, 0.717) is 24.9 Å². The Kier molecular flexibility index (Phi) is 6.08.